The summed E-state index contributed by atoms with van der Waals surface area (Å²) >= 11 is 0. The number of hydrogen-bond donors (Lipinski definition) is 2. The summed E-state index contributed by atoms with van der Waals surface area (Å²) in [5, 5.41) is 7.43. The van der Waals surface area contributed by atoms with E-state index in [1.165, 1.54) is 36.4 Å². The number of benzene rings is 2. The zero-order chi connectivity index (χ0) is 19.6. The molecular formula is C18H12F5N3O. The maximum absolute atomic E-state index is 13.6. The summed E-state index contributed by atoms with van der Waals surface area (Å²) < 4.78 is 65.2. The Labute approximate surface area is 150 Å². The van der Waals surface area contributed by atoms with Crippen LogP contribution in [0, 0.1) is 11.6 Å². The SMILES string of the molecule is O=C(NCc1ccc(F)cc1-c1ccc(F)cc1)c1c[nH]nc1C(F)(F)F. The number of hydrogen-bond acceptors (Lipinski definition) is 2. The molecule has 27 heavy (non-hydrogen) atoms. The molecule has 0 atom stereocenters. The van der Waals surface area contributed by atoms with Crippen LogP contribution in [0.4, 0.5) is 22.0 Å². The van der Waals surface area contributed by atoms with Crippen molar-refractivity contribution in [3.05, 3.63) is 77.1 Å². The fourth-order valence-corrected chi connectivity index (χ4v) is 2.55. The normalized spacial score (nSPS) is 11.4. The molecule has 0 aliphatic rings. The zero-order valence-corrected chi connectivity index (χ0v) is 13.6. The Morgan fingerprint density at radius 3 is 2.37 bits per heavy atom. The van der Waals surface area contributed by atoms with Crippen molar-refractivity contribution in [3.63, 3.8) is 0 Å². The van der Waals surface area contributed by atoms with Gasteiger partial charge in [0.15, 0.2) is 5.69 Å². The van der Waals surface area contributed by atoms with Gasteiger partial charge in [-0.25, -0.2) is 8.78 Å². The molecule has 1 aromatic heterocycles. The molecule has 2 aromatic carbocycles. The van der Waals surface area contributed by atoms with Crippen molar-refractivity contribution in [2.45, 2.75) is 12.7 Å². The number of amides is 1. The average Bonchev–Trinajstić information content (AvgIpc) is 3.11. The topological polar surface area (TPSA) is 57.8 Å². The Morgan fingerprint density at radius 2 is 1.70 bits per heavy atom. The first-order chi connectivity index (χ1) is 12.8. The molecule has 2 N–H and O–H groups in total. The van der Waals surface area contributed by atoms with E-state index in [1.54, 1.807) is 0 Å². The molecular weight excluding hydrogens is 369 g/mol. The van der Waals surface area contributed by atoms with E-state index in [4.69, 9.17) is 0 Å². The van der Waals surface area contributed by atoms with E-state index >= 15 is 0 Å². The molecule has 0 unspecified atom stereocenters. The Kier molecular flexibility index (Phi) is 4.93. The first-order valence-electron chi connectivity index (χ1n) is 7.69. The summed E-state index contributed by atoms with van der Waals surface area (Å²) in [6.07, 6.45) is -3.93. The second-order valence-corrected chi connectivity index (χ2v) is 5.64. The maximum Gasteiger partial charge on any atom is 0.435 e. The van der Waals surface area contributed by atoms with Gasteiger partial charge in [-0.05, 0) is 41.0 Å². The van der Waals surface area contributed by atoms with E-state index in [-0.39, 0.29) is 6.54 Å². The number of aromatic amines is 1. The van der Waals surface area contributed by atoms with Crippen LogP contribution in [0.3, 0.4) is 0 Å². The van der Waals surface area contributed by atoms with Gasteiger partial charge >= 0.3 is 6.18 Å². The molecule has 3 rings (SSSR count). The summed E-state index contributed by atoms with van der Waals surface area (Å²) in [5.74, 6) is -1.99. The number of alkyl halides is 3. The average molecular weight is 381 g/mol. The van der Waals surface area contributed by atoms with Crippen LogP contribution in [-0.2, 0) is 12.7 Å². The molecule has 3 aromatic rings. The molecule has 0 saturated carbocycles. The molecule has 0 aliphatic carbocycles. The van der Waals surface area contributed by atoms with Gasteiger partial charge in [-0.2, -0.15) is 18.3 Å². The fraction of sp³-hybridized carbons (Fsp3) is 0.111. The molecule has 140 valence electrons. The van der Waals surface area contributed by atoms with Gasteiger partial charge in [-0.3, -0.25) is 9.89 Å². The number of aromatic nitrogens is 2. The Morgan fingerprint density at radius 1 is 1.04 bits per heavy atom. The van der Waals surface area contributed by atoms with Crippen LogP contribution in [0.15, 0.2) is 48.7 Å². The maximum atomic E-state index is 13.6. The number of H-pyrrole nitrogens is 1. The molecule has 4 nitrogen and oxygen atoms in total. The molecule has 9 heteroatoms. The lowest BCUT2D eigenvalue weighted by molar-refractivity contribution is -0.141. The summed E-state index contributed by atoms with van der Waals surface area (Å²) in [7, 11) is 0. The van der Waals surface area contributed by atoms with Crippen LogP contribution in [0.25, 0.3) is 11.1 Å². The van der Waals surface area contributed by atoms with Crippen molar-refractivity contribution in [2.75, 3.05) is 0 Å². The first kappa shape index (κ1) is 18.6. The van der Waals surface area contributed by atoms with E-state index in [1.807, 2.05) is 5.10 Å². The van der Waals surface area contributed by atoms with E-state index < -0.39 is 35.0 Å². The van der Waals surface area contributed by atoms with Gasteiger partial charge < -0.3 is 5.32 Å². The van der Waals surface area contributed by atoms with Crippen LogP contribution in [0.1, 0.15) is 21.6 Å². The van der Waals surface area contributed by atoms with Crippen molar-refractivity contribution < 1.29 is 26.7 Å². The Balaban J connectivity index is 1.84. The van der Waals surface area contributed by atoms with Gasteiger partial charge in [0.05, 0.1) is 5.56 Å². The van der Waals surface area contributed by atoms with Crippen molar-refractivity contribution in [1.29, 1.82) is 0 Å². The van der Waals surface area contributed by atoms with Crippen molar-refractivity contribution in [3.8, 4) is 11.1 Å². The van der Waals surface area contributed by atoms with E-state index in [0.29, 0.717) is 16.7 Å². The highest BCUT2D eigenvalue weighted by Gasteiger charge is 2.38. The predicted octanol–water partition coefficient (Wildman–Crippen LogP) is 4.30. The number of carbonyl (C=O) groups excluding carboxylic acids is 1. The van der Waals surface area contributed by atoms with Crippen LogP contribution in [0.5, 0.6) is 0 Å². The molecule has 0 saturated heterocycles. The third-order valence-corrected chi connectivity index (χ3v) is 3.82. The Hall–Kier alpha value is -3.23. The largest absolute Gasteiger partial charge is 0.435 e. The quantitative estimate of drug-likeness (QED) is 0.662. The molecule has 0 spiro atoms. The number of halogens is 5. The van der Waals surface area contributed by atoms with Crippen LogP contribution in [-0.4, -0.2) is 16.1 Å². The number of nitrogens with zero attached hydrogens (tertiary/aromatic N) is 1. The van der Waals surface area contributed by atoms with E-state index in [2.05, 4.69) is 10.4 Å². The minimum absolute atomic E-state index is 0.158. The van der Waals surface area contributed by atoms with Gasteiger partial charge in [-0.15, -0.1) is 0 Å². The summed E-state index contributed by atoms with van der Waals surface area (Å²) in [4.78, 5) is 12.1. The van der Waals surface area contributed by atoms with Crippen LogP contribution in [0.2, 0.25) is 0 Å². The summed E-state index contributed by atoms with van der Waals surface area (Å²) in [6, 6.07) is 9.03. The third-order valence-electron chi connectivity index (χ3n) is 3.82. The zero-order valence-electron chi connectivity index (χ0n) is 13.6. The van der Waals surface area contributed by atoms with Gasteiger partial charge in [-0.1, -0.05) is 18.2 Å². The van der Waals surface area contributed by atoms with Crippen molar-refractivity contribution in [2.24, 2.45) is 0 Å². The van der Waals surface area contributed by atoms with Gasteiger partial charge in [0, 0.05) is 12.7 Å². The monoisotopic (exact) mass is 381 g/mol. The summed E-state index contributed by atoms with van der Waals surface area (Å²) in [6.45, 7) is -0.158. The number of nitrogens with one attached hydrogen (secondary N) is 2. The van der Waals surface area contributed by atoms with Crippen LogP contribution < -0.4 is 5.32 Å². The Bertz CT molecular complexity index is 964. The molecule has 0 aliphatic heterocycles. The highest BCUT2D eigenvalue weighted by molar-refractivity contribution is 5.95. The predicted molar refractivity (Wildman–Crippen MR) is 86.6 cm³/mol. The molecule has 0 bridgehead atoms. The lowest BCUT2D eigenvalue weighted by Gasteiger charge is -2.12. The molecule has 1 amide bonds. The molecule has 0 fully saturated rings. The highest BCUT2D eigenvalue weighted by Crippen LogP contribution is 2.30. The van der Waals surface area contributed by atoms with Gasteiger partial charge in [0.2, 0.25) is 0 Å². The highest BCUT2D eigenvalue weighted by atomic mass is 19.4. The standard InChI is InChI=1S/C18H12F5N3O/c19-12-4-1-10(2-5-12)14-7-13(20)6-3-11(14)8-24-17(27)15-9-25-26-16(15)18(21,22)23/h1-7,9H,8H2,(H,24,27)(H,25,26). The first-order valence-corrected chi connectivity index (χ1v) is 7.69. The fourth-order valence-electron chi connectivity index (χ4n) is 2.55. The molecule has 0 radical (unpaired) electrons. The van der Waals surface area contributed by atoms with E-state index in [9.17, 15) is 26.7 Å². The lowest BCUT2D eigenvalue weighted by Crippen LogP contribution is -2.25. The van der Waals surface area contributed by atoms with Crippen LogP contribution >= 0.6 is 0 Å². The van der Waals surface area contributed by atoms with E-state index in [0.717, 1.165) is 12.3 Å². The van der Waals surface area contributed by atoms with Crippen molar-refractivity contribution in [1.82, 2.24) is 15.5 Å². The van der Waals surface area contributed by atoms with Gasteiger partial charge in [0.25, 0.3) is 5.91 Å². The number of carbonyl (C=O) groups is 1. The molecule has 1 heterocycles. The lowest BCUT2D eigenvalue weighted by atomic mass is 9.99. The second-order valence-electron chi connectivity index (χ2n) is 5.64. The van der Waals surface area contributed by atoms with Crippen molar-refractivity contribution >= 4 is 5.91 Å². The smallest absolute Gasteiger partial charge is 0.348 e. The minimum Gasteiger partial charge on any atom is -0.348 e. The van der Waals surface area contributed by atoms with Gasteiger partial charge in [0.1, 0.15) is 11.6 Å². The second kappa shape index (κ2) is 7.18. The minimum atomic E-state index is -4.78. The summed E-state index contributed by atoms with van der Waals surface area (Å²) in [5.41, 5.74) is -0.628. The third kappa shape index (κ3) is 4.13. The number of rotatable bonds is 4.